The highest BCUT2D eigenvalue weighted by Gasteiger charge is 2.09. The molecule has 0 aliphatic rings. The third kappa shape index (κ3) is 4.82. The summed E-state index contributed by atoms with van der Waals surface area (Å²) in [5.74, 6) is -1.31. The van der Waals surface area contributed by atoms with E-state index in [0.29, 0.717) is 19.4 Å². The van der Waals surface area contributed by atoms with Crippen LogP contribution in [0.3, 0.4) is 0 Å². The molecule has 0 radical (unpaired) electrons. The average Bonchev–Trinajstić information content (AvgIpc) is 2.33. The fourth-order valence-electron chi connectivity index (χ4n) is 1.45. The number of aromatic hydroxyl groups is 1. The molecular weight excluding hydrogens is 236 g/mol. The fourth-order valence-corrected chi connectivity index (χ4v) is 1.45. The number of unbranched alkanes of at least 4 members (excludes halogenated alkanes) is 2. The number of nitrogens with one attached hydrogen (secondary N) is 1. The Hall–Kier alpha value is -2.11. The molecule has 1 aromatic heterocycles. The molecule has 1 aromatic rings. The minimum Gasteiger partial charge on any atom is -0.505 e. The summed E-state index contributed by atoms with van der Waals surface area (Å²) >= 11 is 0. The van der Waals surface area contributed by atoms with Crippen LogP contribution in [0.2, 0.25) is 0 Å². The monoisotopic (exact) mass is 252 g/mol. The number of hydrogen-bond acceptors (Lipinski definition) is 4. The number of aliphatic carboxylic acids is 1. The van der Waals surface area contributed by atoms with Gasteiger partial charge in [0.25, 0.3) is 5.91 Å². The van der Waals surface area contributed by atoms with Crippen LogP contribution in [0.4, 0.5) is 0 Å². The molecular formula is C12H16N2O4. The first kappa shape index (κ1) is 14.0. The van der Waals surface area contributed by atoms with E-state index in [0.717, 1.165) is 6.42 Å². The normalized spacial score (nSPS) is 10.0. The number of amides is 1. The number of carboxylic acid groups (broad SMARTS) is 1. The number of rotatable bonds is 7. The molecule has 0 aliphatic heterocycles. The number of nitrogens with zero attached hydrogens (tertiary/aromatic N) is 1. The molecule has 0 unspecified atom stereocenters. The Morgan fingerprint density at radius 3 is 2.72 bits per heavy atom. The number of pyridine rings is 1. The molecule has 0 fully saturated rings. The van der Waals surface area contributed by atoms with Crippen molar-refractivity contribution in [3.8, 4) is 5.75 Å². The molecule has 0 saturated carbocycles. The van der Waals surface area contributed by atoms with Crippen LogP contribution in [-0.2, 0) is 4.79 Å². The average molecular weight is 252 g/mol. The van der Waals surface area contributed by atoms with Gasteiger partial charge in [0.2, 0.25) is 0 Å². The third-order valence-corrected chi connectivity index (χ3v) is 2.40. The van der Waals surface area contributed by atoms with Gasteiger partial charge in [0.1, 0.15) is 5.75 Å². The van der Waals surface area contributed by atoms with Crippen LogP contribution in [-0.4, -0.2) is 33.6 Å². The smallest absolute Gasteiger partial charge is 0.303 e. The second-order valence-corrected chi connectivity index (χ2v) is 3.85. The van der Waals surface area contributed by atoms with E-state index in [1.807, 2.05) is 0 Å². The number of carbonyl (C=O) groups is 2. The minimum absolute atomic E-state index is 0.152. The Balaban J connectivity index is 2.22. The van der Waals surface area contributed by atoms with Crippen LogP contribution >= 0.6 is 0 Å². The van der Waals surface area contributed by atoms with Crippen LogP contribution in [0.25, 0.3) is 0 Å². The first-order chi connectivity index (χ1) is 8.61. The van der Waals surface area contributed by atoms with Crippen molar-refractivity contribution in [1.82, 2.24) is 10.3 Å². The Kier molecular flexibility index (Phi) is 5.63. The predicted octanol–water partition coefficient (Wildman–Crippen LogP) is 1.16. The predicted molar refractivity (Wildman–Crippen MR) is 64.3 cm³/mol. The van der Waals surface area contributed by atoms with Gasteiger partial charge in [0, 0.05) is 19.2 Å². The maximum Gasteiger partial charge on any atom is 0.303 e. The van der Waals surface area contributed by atoms with E-state index in [1.165, 1.54) is 18.5 Å². The van der Waals surface area contributed by atoms with E-state index in [1.54, 1.807) is 0 Å². The van der Waals surface area contributed by atoms with E-state index in [-0.39, 0.29) is 23.6 Å². The summed E-state index contributed by atoms with van der Waals surface area (Å²) in [7, 11) is 0. The molecule has 6 nitrogen and oxygen atoms in total. The summed E-state index contributed by atoms with van der Waals surface area (Å²) in [6.07, 6.45) is 4.85. The van der Waals surface area contributed by atoms with E-state index in [9.17, 15) is 14.7 Å². The van der Waals surface area contributed by atoms with E-state index in [4.69, 9.17) is 5.11 Å². The summed E-state index contributed by atoms with van der Waals surface area (Å²) in [6.45, 7) is 0.459. The van der Waals surface area contributed by atoms with Crippen molar-refractivity contribution in [2.24, 2.45) is 0 Å². The summed E-state index contributed by atoms with van der Waals surface area (Å²) < 4.78 is 0. The highest BCUT2D eigenvalue weighted by atomic mass is 16.4. The van der Waals surface area contributed by atoms with Crippen molar-refractivity contribution < 1.29 is 19.8 Å². The first-order valence-electron chi connectivity index (χ1n) is 5.74. The van der Waals surface area contributed by atoms with E-state index in [2.05, 4.69) is 10.3 Å². The zero-order valence-corrected chi connectivity index (χ0v) is 9.93. The highest BCUT2D eigenvalue weighted by Crippen LogP contribution is 2.13. The number of aromatic nitrogens is 1. The minimum atomic E-state index is -0.805. The number of carboxylic acids is 1. The van der Waals surface area contributed by atoms with Gasteiger partial charge in [-0.3, -0.25) is 14.6 Å². The van der Waals surface area contributed by atoms with Crippen molar-refractivity contribution in [3.63, 3.8) is 0 Å². The first-order valence-corrected chi connectivity index (χ1v) is 5.74. The quantitative estimate of drug-likeness (QED) is 0.632. The summed E-state index contributed by atoms with van der Waals surface area (Å²) in [4.78, 5) is 25.6. The summed E-state index contributed by atoms with van der Waals surface area (Å²) in [5, 5.41) is 20.5. The van der Waals surface area contributed by atoms with Crippen molar-refractivity contribution in [1.29, 1.82) is 0 Å². The van der Waals surface area contributed by atoms with E-state index < -0.39 is 5.97 Å². The van der Waals surface area contributed by atoms with Gasteiger partial charge in [-0.1, -0.05) is 6.42 Å². The fraction of sp³-hybridized carbons (Fsp3) is 0.417. The molecule has 1 amide bonds. The molecule has 0 spiro atoms. The summed E-state index contributed by atoms with van der Waals surface area (Å²) in [6, 6.07) is 1.44. The number of carbonyl (C=O) groups excluding carboxylic acids is 1. The van der Waals surface area contributed by atoms with Gasteiger partial charge in [-0.15, -0.1) is 0 Å². The zero-order chi connectivity index (χ0) is 13.4. The lowest BCUT2D eigenvalue weighted by Crippen LogP contribution is -2.24. The maximum absolute atomic E-state index is 11.6. The van der Waals surface area contributed by atoms with Crippen LogP contribution in [0.5, 0.6) is 5.75 Å². The van der Waals surface area contributed by atoms with E-state index >= 15 is 0 Å². The molecule has 3 N–H and O–H groups in total. The molecule has 1 rings (SSSR count). The maximum atomic E-state index is 11.6. The topological polar surface area (TPSA) is 99.5 Å². The third-order valence-electron chi connectivity index (χ3n) is 2.40. The van der Waals surface area contributed by atoms with Gasteiger partial charge < -0.3 is 15.5 Å². The van der Waals surface area contributed by atoms with Crippen LogP contribution < -0.4 is 5.32 Å². The highest BCUT2D eigenvalue weighted by molar-refractivity contribution is 5.96. The largest absolute Gasteiger partial charge is 0.505 e. The van der Waals surface area contributed by atoms with Crippen LogP contribution in [0, 0.1) is 0 Å². The Labute approximate surface area is 105 Å². The second-order valence-electron chi connectivity index (χ2n) is 3.85. The lowest BCUT2D eigenvalue weighted by atomic mass is 10.2. The van der Waals surface area contributed by atoms with Gasteiger partial charge in [0.15, 0.2) is 0 Å². The molecule has 1 heterocycles. The molecule has 0 aromatic carbocycles. The molecule has 6 heteroatoms. The van der Waals surface area contributed by atoms with Gasteiger partial charge in [0.05, 0.1) is 11.8 Å². The van der Waals surface area contributed by atoms with Crippen molar-refractivity contribution in [2.45, 2.75) is 25.7 Å². The number of hydrogen-bond donors (Lipinski definition) is 3. The zero-order valence-electron chi connectivity index (χ0n) is 9.93. The van der Waals surface area contributed by atoms with Crippen molar-refractivity contribution >= 4 is 11.9 Å². The molecule has 0 aliphatic carbocycles. The Morgan fingerprint density at radius 1 is 1.28 bits per heavy atom. The van der Waals surface area contributed by atoms with Gasteiger partial charge >= 0.3 is 5.97 Å². The summed E-state index contributed by atoms with van der Waals surface area (Å²) in [5.41, 5.74) is 0.190. The van der Waals surface area contributed by atoms with Crippen LogP contribution in [0.1, 0.15) is 36.0 Å². The van der Waals surface area contributed by atoms with Gasteiger partial charge in [-0.05, 0) is 18.9 Å². The Bertz CT molecular complexity index is 420. The second kappa shape index (κ2) is 7.26. The molecule has 0 atom stereocenters. The molecule has 0 saturated heterocycles. The Morgan fingerprint density at radius 2 is 2.06 bits per heavy atom. The SMILES string of the molecule is O=C(O)CCCCCNC(=O)c1ccncc1O. The molecule has 98 valence electrons. The standard InChI is InChI=1S/C12H16N2O4/c15-10-8-13-7-5-9(10)12(18)14-6-3-1-2-4-11(16)17/h5,7-8,15H,1-4,6H2,(H,14,18)(H,16,17). The molecule has 0 bridgehead atoms. The lowest BCUT2D eigenvalue weighted by molar-refractivity contribution is -0.137. The molecule has 18 heavy (non-hydrogen) atoms. The lowest BCUT2D eigenvalue weighted by Gasteiger charge is -2.05. The van der Waals surface area contributed by atoms with Crippen LogP contribution in [0.15, 0.2) is 18.5 Å². The van der Waals surface area contributed by atoms with Crippen molar-refractivity contribution in [3.05, 3.63) is 24.0 Å². The van der Waals surface area contributed by atoms with Crippen molar-refractivity contribution in [2.75, 3.05) is 6.54 Å². The van der Waals surface area contributed by atoms with Gasteiger partial charge in [-0.25, -0.2) is 0 Å². The van der Waals surface area contributed by atoms with Gasteiger partial charge in [-0.2, -0.15) is 0 Å².